The highest BCUT2D eigenvalue weighted by Crippen LogP contribution is 2.36. The first-order valence-corrected chi connectivity index (χ1v) is 9.24. The molecule has 0 spiro atoms. The predicted octanol–water partition coefficient (Wildman–Crippen LogP) is 3.52. The lowest BCUT2D eigenvalue weighted by atomic mass is 10.2. The third-order valence-corrected chi connectivity index (χ3v) is 5.23. The van der Waals surface area contributed by atoms with Crippen molar-refractivity contribution < 1.29 is 9.47 Å². The van der Waals surface area contributed by atoms with Gasteiger partial charge >= 0.3 is 0 Å². The van der Waals surface area contributed by atoms with Gasteiger partial charge in [-0.2, -0.15) is 0 Å². The molecular formula is C19H15ClN2O3S. The Balaban J connectivity index is 1.90. The molecule has 2 aromatic carbocycles. The van der Waals surface area contributed by atoms with E-state index >= 15 is 0 Å². The summed E-state index contributed by atoms with van der Waals surface area (Å²) in [5.74, 6) is 1.04. The number of hydrogen-bond donors (Lipinski definition) is 0. The molecular weight excluding hydrogens is 372 g/mol. The average molecular weight is 387 g/mol. The summed E-state index contributed by atoms with van der Waals surface area (Å²) >= 11 is 7.66. The maximum atomic E-state index is 12.8. The number of methoxy groups -OCH3 is 1. The van der Waals surface area contributed by atoms with Gasteiger partial charge in [-0.1, -0.05) is 35.1 Å². The molecule has 0 amide bonds. The number of rotatable bonds is 4. The molecule has 4 rings (SSSR count). The van der Waals surface area contributed by atoms with Crippen LogP contribution in [-0.4, -0.2) is 23.1 Å². The van der Waals surface area contributed by atoms with E-state index in [1.807, 2.05) is 31.2 Å². The van der Waals surface area contributed by atoms with Crippen molar-refractivity contribution in [3.8, 4) is 11.5 Å². The molecule has 0 saturated heterocycles. The number of halogens is 1. The second-order valence-corrected chi connectivity index (χ2v) is 7.02. The Kier molecular flexibility index (Phi) is 4.30. The van der Waals surface area contributed by atoms with E-state index in [1.54, 1.807) is 29.7 Å². The summed E-state index contributed by atoms with van der Waals surface area (Å²) in [5, 5.41) is 0.441. The van der Waals surface area contributed by atoms with E-state index in [2.05, 4.69) is 4.98 Å². The van der Waals surface area contributed by atoms with Crippen LogP contribution in [0.25, 0.3) is 22.1 Å². The van der Waals surface area contributed by atoms with Gasteiger partial charge in [-0.3, -0.25) is 4.79 Å². The summed E-state index contributed by atoms with van der Waals surface area (Å²) < 4.78 is 13.1. The van der Waals surface area contributed by atoms with E-state index < -0.39 is 0 Å². The monoisotopic (exact) mass is 386 g/mol. The molecule has 0 radical (unpaired) electrons. The van der Waals surface area contributed by atoms with Crippen LogP contribution in [0.2, 0.25) is 5.02 Å². The van der Waals surface area contributed by atoms with Crippen LogP contribution in [0.1, 0.15) is 12.5 Å². The molecule has 0 bridgehead atoms. The Morgan fingerprint density at radius 2 is 2.12 bits per heavy atom. The number of fused-ring (bicyclic) bond motifs is 3. The molecule has 0 aliphatic carbocycles. The highest BCUT2D eigenvalue weighted by Gasteiger charge is 2.13. The summed E-state index contributed by atoms with van der Waals surface area (Å²) in [4.78, 5) is 18.0. The highest BCUT2D eigenvalue weighted by atomic mass is 35.5. The Morgan fingerprint density at radius 1 is 1.31 bits per heavy atom. The van der Waals surface area contributed by atoms with E-state index in [4.69, 9.17) is 21.1 Å². The SMILES string of the molecule is CCOc1c(Cl)cc(C=c2sc3nc4ccccc4n3c2=O)cc1OC. The van der Waals surface area contributed by atoms with E-state index in [0.717, 1.165) is 16.6 Å². The smallest absolute Gasteiger partial charge is 0.274 e. The number of nitrogens with zero attached hydrogens (tertiary/aromatic N) is 2. The van der Waals surface area contributed by atoms with Crippen LogP contribution in [0.5, 0.6) is 11.5 Å². The lowest BCUT2D eigenvalue weighted by Gasteiger charge is -2.11. The summed E-state index contributed by atoms with van der Waals surface area (Å²) in [6.45, 7) is 2.37. The van der Waals surface area contributed by atoms with Crippen molar-refractivity contribution in [3.05, 3.63) is 61.9 Å². The standard InChI is InChI=1S/C19H15ClN2O3S/c1-3-25-17-12(20)8-11(9-15(17)24-2)10-16-18(23)22-14-7-5-4-6-13(14)21-19(22)26-16/h4-10H,3H2,1-2H3. The second-order valence-electron chi connectivity index (χ2n) is 5.60. The van der Waals surface area contributed by atoms with E-state index in [1.165, 1.54) is 11.3 Å². The van der Waals surface area contributed by atoms with Gasteiger partial charge in [-0.05, 0) is 42.8 Å². The highest BCUT2D eigenvalue weighted by molar-refractivity contribution is 7.15. The lowest BCUT2D eigenvalue weighted by molar-refractivity contribution is 0.311. The van der Waals surface area contributed by atoms with Crippen LogP contribution in [0.15, 0.2) is 41.2 Å². The molecule has 5 nitrogen and oxygen atoms in total. The molecule has 0 fully saturated rings. The minimum absolute atomic E-state index is 0.0947. The molecule has 2 aromatic heterocycles. The third-order valence-electron chi connectivity index (χ3n) is 3.98. The fourth-order valence-corrected chi connectivity index (χ4v) is 4.13. The van der Waals surface area contributed by atoms with E-state index in [9.17, 15) is 4.79 Å². The van der Waals surface area contributed by atoms with Gasteiger partial charge in [0.2, 0.25) is 0 Å². The van der Waals surface area contributed by atoms with E-state index in [-0.39, 0.29) is 5.56 Å². The van der Waals surface area contributed by atoms with Gasteiger partial charge in [-0.25, -0.2) is 9.38 Å². The number of benzene rings is 2. The minimum atomic E-state index is -0.0947. The van der Waals surface area contributed by atoms with Crippen molar-refractivity contribution in [2.75, 3.05) is 13.7 Å². The minimum Gasteiger partial charge on any atom is -0.493 e. The summed E-state index contributed by atoms with van der Waals surface area (Å²) in [7, 11) is 1.56. The summed E-state index contributed by atoms with van der Waals surface area (Å²) in [5.41, 5.74) is 2.29. The van der Waals surface area contributed by atoms with Gasteiger partial charge in [-0.15, -0.1) is 0 Å². The fraction of sp³-hybridized carbons (Fsp3) is 0.158. The van der Waals surface area contributed by atoms with Crippen LogP contribution in [0.3, 0.4) is 0 Å². The maximum Gasteiger partial charge on any atom is 0.274 e. The molecule has 7 heteroatoms. The molecule has 0 aliphatic heterocycles. The Labute approximate surface area is 158 Å². The Bertz CT molecular complexity index is 1230. The summed E-state index contributed by atoms with van der Waals surface area (Å²) in [6.07, 6.45) is 1.79. The van der Waals surface area contributed by atoms with Crippen molar-refractivity contribution in [1.82, 2.24) is 9.38 Å². The number of para-hydroxylation sites is 2. The average Bonchev–Trinajstić information content (AvgIpc) is 3.14. The van der Waals surface area contributed by atoms with Crippen LogP contribution < -0.4 is 19.6 Å². The Morgan fingerprint density at radius 3 is 2.88 bits per heavy atom. The molecule has 0 aliphatic rings. The number of imidazole rings is 1. The van der Waals surface area contributed by atoms with Crippen LogP contribution in [0, 0.1) is 0 Å². The number of thiazole rings is 1. The Hall–Kier alpha value is -2.57. The van der Waals surface area contributed by atoms with Crippen molar-refractivity contribution in [2.24, 2.45) is 0 Å². The molecule has 0 N–H and O–H groups in total. The van der Waals surface area contributed by atoms with Gasteiger partial charge in [0.15, 0.2) is 16.5 Å². The number of aromatic nitrogens is 2. The molecule has 0 atom stereocenters. The first-order chi connectivity index (χ1) is 12.6. The quantitative estimate of drug-likeness (QED) is 0.538. The van der Waals surface area contributed by atoms with Gasteiger partial charge in [0, 0.05) is 0 Å². The van der Waals surface area contributed by atoms with Gasteiger partial charge in [0.05, 0.1) is 34.3 Å². The van der Waals surface area contributed by atoms with Crippen LogP contribution in [-0.2, 0) is 0 Å². The van der Waals surface area contributed by atoms with Crippen molar-refractivity contribution >= 4 is 45.0 Å². The normalized spacial score (nSPS) is 12.2. The molecule has 0 unspecified atom stereocenters. The van der Waals surface area contributed by atoms with Crippen molar-refractivity contribution in [1.29, 1.82) is 0 Å². The molecule has 132 valence electrons. The molecule has 26 heavy (non-hydrogen) atoms. The first-order valence-electron chi connectivity index (χ1n) is 8.04. The third kappa shape index (κ3) is 2.71. The van der Waals surface area contributed by atoms with E-state index in [0.29, 0.717) is 32.6 Å². The largest absolute Gasteiger partial charge is 0.493 e. The zero-order chi connectivity index (χ0) is 18.3. The number of ether oxygens (including phenoxy) is 2. The predicted molar refractivity (Wildman–Crippen MR) is 105 cm³/mol. The van der Waals surface area contributed by atoms with Gasteiger partial charge in [0.25, 0.3) is 5.56 Å². The molecule has 2 heterocycles. The second kappa shape index (κ2) is 6.63. The topological polar surface area (TPSA) is 52.8 Å². The zero-order valence-electron chi connectivity index (χ0n) is 14.2. The van der Waals surface area contributed by atoms with Crippen molar-refractivity contribution in [3.63, 3.8) is 0 Å². The lowest BCUT2D eigenvalue weighted by Crippen LogP contribution is -2.22. The number of hydrogen-bond acceptors (Lipinski definition) is 5. The molecule has 4 aromatic rings. The van der Waals surface area contributed by atoms with Gasteiger partial charge < -0.3 is 9.47 Å². The van der Waals surface area contributed by atoms with Crippen LogP contribution in [0.4, 0.5) is 0 Å². The summed E-state index contributed by atoms with van der Waals surface area (Å²) in [6, 6.07) is 11.2. The van der Waals surface area contributed by atoms with Crippen LogP contribution >= 0.6 is 22.9 Å². The maximum absolute atomic E-state index is 12.8. The van der Waals surface area contributed by atoms with Gasteiger partial charge in [0.1, 0.15) is 0 Å². The first kappa shape index (κ1) is 16.9. The zero-order valence-corrected chi connectivity index (χ0v) is 15.7. The molecule has 0 saturated carbocycles. The van der Waals surface area contributed by atoms with Crippen molar-refractivity contribution in [2.45, 2.75) is 6.92 Å². The fourth-order valence-electron chi connectivity index (χ4n) is 2.87.